The summed E-state index contributed by atoms with van der Waals surface area (Å²) in [6, 6.07) is 4.87. The van der Waals surface area contributed by atoms with Crippen molar-refractivity contribution in [2.45, 2.75) is 31.4 Å². The fourth-order valence-electron chi connectivity index (χ4n) is 1.86. The Balaban J connectivity index is 1.91. The molecule has 0 bridgehead atoms. The van der Waals surface area contributed by atoms with Crippen LogP contribution in [-0.4, -0.2) is 29.8 Å². The zero-order valence-electron chi connectivity index (χ0n) is 9.48. The summed E-state index contributed by atoms with van der Waals surface area (Å²) in [7, 11) is 0. The number of carbonyl (C=O) groups excluding carboxylic acids is 1. The van der Waals surface area contributed by atoms with Gasteiger partial charge in [-0.3, -0.25) is 5.32 Å². The first-order chi connectivity index (χ1) is 8.60. The number of halogens is 2. The summed E-state index contributed by atoms with van der Waals surface area (Å²) in [5.74, 6) is 0. The summed E-state index contributed by atoms with van der Waals surface area (Å²) in [5.41, 5.74) is 0.867. The van der Waals surface area contributed by atoms with Gasteiger partial charge in [0.1, 0.15) is 12.5 Å². The van der Waals surface area contributed by atoms with Crippen LogP contribution in [-0.2, 0) is 16.1 Å². The minimum Gasteiger partial charge on any atom is -0.376 e. The van der Waals surface area contributed by atoms with E-state index in [1.807, 2.05) is 0 Å². The zero-order valence-corrected chi connectivity index (χ0v) is 11.0. The van der Waals surface area contributed by atoms with E-state index in [0.29, 0.717) is 23.1 Å². The lowest BCUT2D eigenvalue weighted by Crippen LogP contribution is -2.34. The number of aliphatic hydroxyl groups is 1. The molecular formula is C12H13Cl2NO3. The average Bonchev–Trinajstić information content (AvgIpc) is 2.72. The summed E-state index contributed by atoms with van der Waals surface area (Å²) >= 11 is 11.7. The molecule has 0 aliphatic carbocycles. The molecule has 0 saturated carbocycles. The summed E-state index contributed by atoms with van der Waals surface area (Å²) in [5, 5.41) is 13.3. The molecule has 0 amide bonds. The second-order valence-electron chi connectivity index (χ2n) is 4.19. The number of aldehydes is 1. The second-order valence-corrected chi connectivity index (χ2v) is 5.00. The highest BCUT2D eigenvalue weighted by atomic mass is 35.5. The number of hydrogen-bond acceptors (Lipinski definition) is 4. The molecule has 1 saturated heterocycles. The van der Waals surface area contributed by atoms with Crippen LogP contribution in [0.15, 0.2) is 18.2 Å². The van der Waals surface area contributed by atoms with E-state index in [2.05, 4.69) is 5.32 Å². The van der Waals surface area contributed by atoms with E-state index in [0.717, 1.165) is 11.8 Å². The van der Waals surface area contributed by atoms with Crippen molar-refractivity contribution in [3.63, 3.8) is 0 Å². The lowest BCUT2D eigenvalue weighted by Gasteiger charge is -2.15. The molecule has 4 nitrogen and oxygen atoms in total. The van der Waals surface area contributed by atoms with E-state index in [-0.39, 0.29) is 6.04 Å². The maximum atomic E-state index is 10.6. The van der Waals surface area contributed by atoms with Crippen molar-refractivity contribution in [3.8, 4) is 0 Å². The van der Waals surface area contributed by atoms with Gasteiger partial charge in [-0.1, -0.05) is 29.3 Å². The molecule has 3 atom stereocenters. The molecule has 0 aromatic heterocycles. The van der Waals surface area contributed by atoms with Gasteiger partial charge in [0.15, 0.2) is 0 Å². The Morgan fingerprint density at radius 2 is 2.22 bits per heavy atom. The van der Waals surface area contributed by atoms with Crippen molar-refractivity contribution < 1.29 is 14.6 Å². The van der Waals surface area contributed by atoms with E-state index in [9.17, 15) is 9.90 Å². The van der Waals surface area contributed by atoms with E-state index >= 15 is 0 Å². The third kappa shape index (κ3) is 3.22. The first kappa shape index (κ1) is 13.8. The number of ether oxygens (including phenoxy) is 1. The first-order valence-electron chi connectivity index (χ1n) is 5.55. The van der Waals surface area contributed by atoms with E-state index < -0.39 is 12.3 Å². The monoisotopic (exact) mass is 289 g/mol. The van der Waals surface area contributed by atoms with Crippen LogP contribution in [0, 0.1) is 0 Å². The number of hydrogen-bond donors (Lipinski definition) is 2. The van der Waals surface area contributed by atoms with Crippen molar-refractivity contribution >= 4 is 29.5 Å². The molecule has 2 N–H and O–H groups in total. The molecule has 1 fully saturated rings. The number of benzene rings is 1. The van der Waals surface area contributed by atoms with E-state index in [1.165, 1.54) is 0 Å². The van der Waals surface area contributed by atoms with Crippen molar-refractivity contribution in [2.24, 2.45) is 0 Å². The predicted molar refractivity (Wildman–Crippen MR) is 68.7 cm³/mol. The largest absolute Gasteiger partial charge is 0.376 e. The van der Waals surface area contributed by atoms with E-state index in [1.54, 1.807) is 18.2 Å². The highest BCUT2D eigenvalue weighted by Crippen LogP contribution is 2.24. The summed E-state index contributed by atoms with van der Waals surface area (Å²) in [4.78, 5) is 10.6. The third-order valence-electron chi connectivity index (χ3n) is 2.84. The van der Waals surface area contributed by atoms with Gasteiger partial charge in [-0.05, 0) is 24.1 Å². The fourth-order valence-corrected chi connectivity index (χ4v) is 2.18. The van der Waals surface area contributed by atoms with Crippen molar-refractivity contribution in [2.75, 3.05) is 0 Å². The van der Waals surface area contributed by atoms with Gasteiger partial charge in [0.25, 0.3) is 0 Å². The molecule has 0 radical (unpaired) electrons. The van der Waals surface area contributed by atoms with Gasteiger partial charge >= 0.3 is 0 Å². The molecule has 0 spiro atoms. The van der Waals surface area contributed by atoms with Crippen LogP contribution in [0.5, 0.6) is 0 Å². The maximum Gasteiger partial charge on any atom is 0.137 e. The smallest absolute Gasteiger partial charge is 0.137 e. The average molecular weight is 290 g/mol. The zero-order chi connectivity index (χ0) is 13.1. The number of rotatable bonds is 4. The summed E-state index contributed by atoms with van der Waals surface area (Å²) in [6.45, 7) is 0.311. The highest BCUT2D eigenvalue weighted by molar-refractivity contribution is 6.42. The van der Waals surface area contributed by atoms with Crippen molar-refractivity contribution in [1.82, 2.24) is 5.32 Å². The van der Waals surface area contributed by atoms with Crippen LogP contribution < -0.4 is 5.32 Å². The van der Waals surface area contributed by atoms with Crippen LogP contribution in [0.4, 0.5) is 0 Å². The molecule has 1 unspecified atom stereocenters. The fraction of sp³-hybridized carbons (Fsp3) is 0.417. The maximum absolute atomic E-state index is 10.6. The first-order valence-corrected chi connectivity index (χ1v) is 6.30. The minimum absolute atomic E-state index is 0.311. The van der Waals surface area contributed by atoms with Crippen molar-refractivity contribution in [3.05, 3.63) is 33.8 Å². The Morgan fingerprint density at radius 3 is 2.83 bits per heavy atom. The molecule has 6 heteroatoms. The quantitative estimate of drug-likeness (QED) is 0.830. The Hall–Kier alpha value is -0.650. The predicted octanol–water partition coefficient (Wildman–Crippen LogP) is 1.76. The molecule has 1 aliphatic rings. The Morgan fingerprint density at radius 1 is 1.44 bits per heavy atom. The molecular weight excluding hydrogens is 277 g/mol. The van der Waals surface area contributed by atoms with E-state index in [4.69, 9.17) is 27.9 Å². The SMILES string of the molecule is O=C[C@@H]1C[C@@H](OCc2ccc(Cl)c(Cl)c2)C(O)N1. The second kappa shape index (κ2) is 5.99. The molecule has 18 heavy (non-hydrogen) atoms. The van der Waals surface area contributed by atoms with Crippen LogP contribution >= 0.6 is 23.2 Å². The van der Waals surface area contributed by atoms with Crippen LogP contribution in [0.2, 0.25) is 10.0 Å². The number of carbonyl (C=O) groups is 1. The normalized spacial score (nSPS) is 27.4. The van der Waals surface area contributed by atoms with Crippen molar-refractivity contribution in [1.29, 1.82) is 0 Å². The Labute approximate surface area is 115 Å². The van der Waals surface area contributed by atoms with Gasteiger partial charge in [-0.25, -0.2) is 0 Å². The van der Waals surface area contributed by atoms with Gasteiger partial charge in [-0.15, -0.1) is 0 Å². The topological polar surface area (TPSA) is 58.6 Å². The lowest BCUT2D eigenvalue weighted by molar-refractivity contribution is -0.109. The number of nitrogens with one attached hydrogen (secondary N) is 1. The van der Waals surface area contributed by atoms with Gasteiger partial charge in [0.05, 0.1) is 28.8 Å². The standard InChI is InChI=1S/C12H13Cl2NO3/c13-9-2-1-7(3-10(9)14)6-18-11-4-8(5-16)15-12(11)17/h1-3,5,8,11-12,15,17H,4,6H2/t8-,11+,12?/m0/s1. The summed E-state index contributed by atoms with van der Waals surface area (Å²) < 4.78 is 5.56. The summed E-state index contributed by atoms with van der Waals surface area (Å²) in [6.07, 6.45) is 0.0233. The molecule has 2 rings (SSSR count). The molecule has 1 aromatic rings. The lowest BCUT2D eigenvalue weighted by atomic mass is 10.2. The van der Waals surface area contributed by atoms with Gasteiger partial charge < -0.3 is 14.6 Å². The van der Waals surface area contributed by atoms with Gasteiger partial charge in [-0.2, -0.15) is 0 Å². The molecule has 1 aliphatic heterocycles. The Bertz CT molecular complexity index is 441. The van der Waals surface area contributed by atoms with Crippen LogP contribution in [0.1, 0.15) is 12.0 Å². The van der Waals surface area contributed by atoms with Gasteiger partial charge in [0.2, 0.25) is 0 Å². The molecule has 1 heterocycles. The molecule has 98 valence electrons. The Kier molecular flexibility index (Phi) is 4.59. The van der Waals surface area contributed by atoms with Gasteiger partial charge in [0, 0.05) is 0 Å². The minimum atomic E-state index is -0.817. The third-order valence-corrected chi connectivity index (χ3v) is 3.57. The highest BCUT2D eigenvalue weighted by Gasteiger charge is 2.32. The molecule has 1 aromatic carbocycles. The number of aliphatic hydroxyl groups excluding tert-OH is 1. The van der Waals surface area contributed by atoms with Crippen LogP contribution in [0.3, 0.4) is 0 Å². The van der Waals surface area contributed by atoms with Crippen LogP contribution in [0.25, 0.3) is 0 Å².